The van der Waals surface area contributed by atoms with Crippen molar-refractivity contribution >= 4 is 35.2 Å². The molecule has 2 rings (SSSR count). The van der Waals surface area contributed by atoms with E-state index in [1.807, 2.05) is 0 Å². The Bertz CT molecular complexity index is 732. The van der Waals surface area contributed by atoms with Crippen molar-refractivity contribution in [2.75, 3.05) is 5.75 Å². The van der Waals surface area contributed by atoms with E-state index in [9.17, 15) is 24.5 Å². The summed E-state index contributed by atoms with van der Waals surface area (Å²) in [5.74, 6) is -2.25. The number of primary amides is 1. The molecule has 1 fully saturated rings. The molecule has 0 spiro atoms. The van der Waals surface area contributed by atoms with Crippen molar-refractivity contribution in [3.8, 4) is 0 Å². The number of hydrogen-bond donors (Lipinski definition) is 3. The summed E-state index contributed by atoms with van der Waals surface area (Å²) in [6.07, 6.45) is 1.91. The Labute approximate surface area is 147 Å². The molecule has 1 aliphatic rings. The number of carbonyl (C=O) groups is 3. The lowest BCUT2D eigenvalue weighted by Crippen LogP contribution is -2.55. The Morgan fingerprint density at radius 2 is 2.04 bits per heavy atom. The van der Waals surface area contributed by atoms with Crippen LogP contribution < -0.4 is 11.1 Å². The predicted molar refractivity (Wildman–Crippen MR) is 89.3 cm³/mol. The van der Waals surface area contributed by atoms with Crippen molar-refractivity contribution in [2.45, 2.75) is 36.1 Å². The summed E-state index contributed by atoms with van der Waals surface area (Å²) in [7, 11) is 0. The van der Waals surface area contributed by atoms with Crippen LogP contribution in [0.1, 0.15) is 36.0 Å². The third kappa shape index (κ3) is 4.69. The number of carboxylic acid groups (broad SMARTS) is 1. The number of nitrogens with one attached hydrogen (secondary N) is 1. The fraction of sp³-hybridized carbons (Fsp3) is 0.400. The number of amides is 2. The smallest absolute Gasteiger partial charge is 0.305 e. The van der Waals surface area contributed by atoms with Gasteiger partial charge in [-0.3, -0.25) is 24.5 Å². The molecule has 0 aliphatic heterocycles. The number of aliphatic carboxylic acids is 1. The van der Waals surface area contributed by atoms with Crippen LogP contribution in [0.15, 0.2) is 23.1 Å². The topological polar surface area (TPSA) is 153 Å². The SMILES string of the molecule is NC(=O)c1ccc(SCC(=O)NC2(CC(=O)O)CCC2)c([N+](=O)[O-])c1. The molecule has 4 N–H and O–H groups in total. The first-order chi connectivity index (χ1) is 11.7. The zero-order valence-corrected chi connectivity index (χ0v) is 14.0. The van der Waals surface area contributed by atoms with E-state index in [0.717, 1.165) is 24.2 Å². The predicted octanol–water partition coefficient (Wildman–Crippen LogP) is 1.30. The second kappa shape index (κ2) is 7.51. The Hall–Kier alpha value is -2.62. The first-order valence-electron chi connectivity index (χ1n) is 7.46. The number of rotatable bonds is 8. The Balaban J connectivity index is 2.03. The zero-order valence-electron chi connectivity index (χ0n) is 13.2. The minimum Gasteiger partial charge on any atom is -0.481 e. The fourth-order valence-electron chi connectivity index (χ4n) is 2.65. The molecule has 2 amide bonds. The van der Waals surface area contributed by atoms with E-state index in [4.69, 9.17) is 10.8 Å². The molecule has 1 saturated carbocycles. The van der Waals surface area contributed by atoms with Gasteiger partial charge in [0.2, 0.25) is 11.8 Å². The lowest BCUT2D eigenvalue weighted by atomic mass is 9.74. The summed E-state index contributed by atoms with van der Waals surface area (Å²) in [5, 5.41) is 22.8. The zero-order chi connectivity index (χ0) is 18.6. The van der Waals surface area contributed by atoms with Crippen LogP contribution in [0.25, 0.3) is 0 Å². The largest absolute Gasteiger partial charge is 0.481 e. The van der Waals surface area contributed by atoms with E-state index in [1.54, 1.807) is 0 Å². The number of benzene rings is 1. The van der Waals surface area contributed by atoms with Gasteiger partial charge in [0, 0.05) is 11.6 Å². The Kier molecular flexibility index (Phi) is 5.62. The third-order valence-electron chi connectivity index (χ3n) is 4.00. The molecule has 25 heavy (non-hydrogen) atoms. The van der Waals surface area contributed by atoms with Gasteiger partial charge in [-0.25, -0.2) is 0 Å². The molecule has 0 radical (unpaired) electrons. The summed E-state index contributed by atoms with van der Waals surface area (Å²) in [6.45, 7) is 0. The van der Waals surface area contributed by atoms with Crippen molar-refractivity contribution < 1.29 is 24.4 Å². The molecule has 1 aromatic carbocycles. The molecule has 1 aliphatic carbocycles. The minimum atomic E-state index is -0.981. The number of nitrogens with zero attached hydrogens (tertiary/aromatic N) is 1. The van der Waals surface area contributed by atoms with E-state index < -0.39 is 22.3 Å². The highest BCUT2D eigenvalue weighted by Gasteiger charge is 2.40. The number of nitro groups is 1. The molecular formula is C15H17N3O6S. The van der Waals surface area contributed by atoms with Gasteiger partial charge in [0.1, 0.15) is 0 Å². The monoisotopic (exact) mass is 367 g/mol. The molecule has 1 aromatic rings. The Morgan fingerprint density at radius 1 is 1.36 bits per heavy atom. The van der Waals surface area contributed by atoms with Gasteiger partial charge < -0.3 is 16.2 Å². The molecule has 0 bridgehead atoms. The van der Waals surface area contributed by atoms with Gasteiger partial charge in [0.25, 0.3) is 5.69 Å². The van der Waals surface area contributed by atoms with Crippen molar-refractivity contribution in [2.24, 2.45) is 5.73 Å². The molecule has 0 atom stereocenters. The number of hydrogen-bond acceptors (Lipinski definition) is 6. The molecule has 0 aromatic heterocycles. The van der Waals surface area contributed by atoms with Crippen LogP contribution in [0.2, 0.25) is 0 Å². The maximum atomic E-state index is 12.1. The fourth-order valence-corrected chi connectivity index (χ4v) is 3.45. The molecule has 0 heterocycles. The second-order valence-electron chi connectivity index (χ2n) is 5.85. The summed E-state index contributed by atoms with van der Waals surface area (Å²) in [6, 6.07) is 3.79. The van der Waals surface area contributed by atoms with Crippen LogP contribution in [0.4, 0.5) is 5.69 Å². The first kappa shape index (κ1) is 18.7. The summed E-state index contributed by atoms with van der Waals surface area (Å²) < 4.78 is 0. The molecule has 9 nitrogen and oxygen atoms in total. The average Bonchev–Trinajstić information content (AvgIpc) is 2.49. The highest BCUT2D eigenvalue weighted by molar-refractivity contribution is 8.00. The van der Waals surface area contributed by atoms with Crippen molar-refractivity contribution in [3.05, 3.63) is 33.9 Å². The van der Waals surface area contributed by atoms with Crippen LogP contribution in [-0.4, -0.2) is 39.1 Å². The van der Waals surface area contributed by atoms with Gasteiger partial charge in [-0.2, -0.15) is 0 Å². The summed E-state index contributed by atoms with van der Waals surface area (Å²) in [5.41, 5.74) is 4.09. The van der Waals surface area contributed by atoms with Crippen LogP contribution in [-0.2, 0) is 9.59 Å². The minimum absolute atomic E-state index is 0.00961. The summed E-state index contributed by atoms with van der Waals surface area (Å²) >= 11 is 0.945. The van der Waals surface area contributed by atoms with Gasteiger partial charge in [0.05, 0.1) is 27.5 Å². The van der Waals surface area contributed by atoms with Crippen molar-refractivity contribution in [1.29, 1.82) is 0 Å². The van der Waals surface area contributed by atoms with Crippen molar-refractivity contribution in [3.63, 3.8) is 0 Å². The highest BCUT2D eigenvalue weighted by atomic mass is 32.2. The van der Waals surface area contributed by atoms with Crippen LogP contribution in [0, 0.1) is 10.1 Å². The third-order valence-corrected chi connectivity index (χ3v) is 5.07. The molecule has 134 valence electrons. The standard InChI is InChI=1S/C15H17N3O6S/c16-14(22)9-2-3-11(10(6-9)18(23)24)25-8-12(19)17-15(4-1-5-15)7-13(20)21/h2-3,6H,1,4-5,7-8H2,(H2,16,22)(H,17,19)(H,20,21). The molecular weight excluding hydrogens is 350 g/mol. The van der Waals surface area contributed by atoms with Crippen LogP contribution >= 0.6 is 11.8 Å². The van der Waals surface area contributed by atoms with Gasteiger partial charge in [0.15, 0.2) is 0 Å². The number of carboxylic acids is 1. The number of thioether (sulfide) groups is 1. The number of nitrogens with two attached hydrogens (primary N) is 1. The average molecular weight is 367 g/mol. The maximum absolute atomic E-state index is 12.1. The first-order valence-corrected chi connectivity index (χ1v) is 8.45. The lowest BCUT2D eigenvalue weighted by molar-refractivity contribution is -0.387. The molecule has 0 unspecified atom stereocenters. The highest BCUT2D eigenvalue weighted by Crippen LogP contribution is 2.35. The van der Waals surface area contributed by atoms with Gasteiger partial charge in [-0.05, 0) is 31.4 Å². The van der Waals surface area contributed by atoms with Gasteiger partial charge in [-0.1, -0.05) is 0 Å². The second-order valence-corrected chi connectivity index (χ2v) is 6.86. The Morgan fingerprint density at radius 3 is 2.52 bits per heavy atom. The quantitative estimate of drug-likeness (QED) is 0.355. The normalized spacial score (nSPS) is 15.0. The van der Waals surface area contributed by atoms with Crippen LogP contribution in [0.3, 0.4) is 0 Å². The lowest BCUT2D eigenvalue weighted by Gasteiger charge is -2.41. The summed E-state index contributed by atoms with van der Waals surface area (Å²) in [4.78, 5) is 44.8. The molecule has 10 heteroatoms. The maximum Gasteiger partial charge on any atom is 0.305 e. The molecule has 0 saturated heterocycles. The van der Waals surface area contributed by atoms with Crippen molar-refractivity contribution in [1.82, 2.24) is 5.32 Å². The number of nitro benzene ring substituents is 1. The van der Waals surface area contributed by atoms with E-state index in [0.29, 0.717) is 12.8 Å². The van der Waals surface area contributed by atoms with Gasteiger partial charge in [-0.15, -0.1) is 11.8 Å². The van der Waals surface area contributed by atoms with E-state index in [-0.39, 0.29) is 34.2 Å². The van der Waals surface area contributed by atoms with E-state index in [2.05, 4.69) is 5.32 Å². The van der Waals surface area contributed by atoms with Crippen LogP contribution in [0.5, 0.6) is 0 Å². The van der Waals surface area contributed by atoms with E-state index in [1.165, 1.54) is 12.1 Å². The number of carbonyl (C=O) groups excluding carboxylic acids is 2. The van der Waals surface area contributed by atoms with Gasteiger partial charge >= 0.3 is 5.97 Å². The van der Waals surface area contributed by atoms with E-state index >= 15 is 0 Å².